The Bertz CT molecular complexity index is 679. The number of methoxy groups -OCH3 is 1. The summed E-state index contributed by atoms with van der Waals surface area (Å²) in [6, 6.07) is 5.64. The molecule has 0 saturated heterocycles. The minimum absolute atomic E-state index is 0.0129. The Hall–Kier alpha value is -1.75. The summed E-state index contributed by atoms with van der Waals surface area (Å²) < 4.78 is 7.11. The molecule has 6 heteroatoms. The first-order valence-corrected chi connectivity index (χ1v) is 7.58. The van der Waals surface area contributed by atoms with Crippen LogP contribution in [0.4, 0.5) is 0 Å². The first kappa shape index (κ1) is 14.2. The number of aromatic nitrogens is 2. The van der Waals surface area contributed by atoms with E-state index in [9.17, 15) is 4.79 Å². The first-order valence-electron chi connectivity index (χ1n) is 7.05. The highest BCUT2D eigenvalue weighted by Gasteiger charge is 2.28. The van der Waals surface area contributed by atoms with E-state index in [4.69, 9.17) is 16.3 Å². The Kier molecular flexibility index (Phi) is 3.76. The molecule has 1 atom stereocenters. The third-order valence-corrected chi connectivity index (χ3v) is 4.02. The molecule has 2 aromatic rings. The predicted molar refractivity (Wildman–Crippen MR) is 81.7 cm³/mol. The molecule has 1 amide bonds. The number of nitrogens with zero attached hydrogens (tertiary/aromatic N) is 2. The zero-order valence-electron chi connectivity index (χ0n) is 12.1. The smallest absolute Gasteiger partial charge is 0.243 e. The molecule has 112 valence electrons. The normalized spacial score (nSPS) is 16.0. The summed E-state index contributed by atoms with van der Waals surface area (Å²) in [5.41, 5.74) is 1.68. The average molecular weight is 308 g/mol. The molecule has 5 nitrogen and oxygen atoms in total. The summed E-state index contributed by atoms with van der Waals surface area (Å²) in [5, 5.41) is 3.03. The topological polar surface area (TPSA) is 56.2 Å². The van der Waals surface area contributed by atoms with Gasteiger partial charge in [0, 0.05) is 12.1 Å². The molecule has 1 heterocycles. The second-order valence-corrected chi connectivity index (χ2v) is 5.61. The molecular weight excluding hydrogens is 290 g/mol. The number of nitrogens with one attached hydrogen (secondary N) is 1. The molecular formula is C15H18ClN3O2. The molecule has 0 bridgehead atoms. The summed E-state index contributed by atoms with van der Waals surface area (Å²) in [4.78, 5) is 16.8. The van der Waals surface area contributed by atoms with Crippen LogP contribution in [0, 0.1) is 0 Å². The number of benzene rings is 1. The van der Waals surface area contributed by atoms with Crippen molar-refractivity contribution in [3.63, 3.8) is 0 Å². The van der Waals surface area contributed by atoms with Crippen molar-refractivity contribution in [3.05, 3.63) is 24.0 Å². The Labute approximate surface area is 128 Å². The zero-order chi connectivity index (χ0) is 15.0. The number of carbonyl (C=O) groups is 1. The second kappa shape index (κ2) is 5.56. The van der Waals surface area contributed by atoms with Crippen LogP contribution in [0.3, 0.4) is 0 Å². The second-order valence-electron chi connectivity index (χ2n) is 5.35. The van der Waals surface area contributed by atoms with Gasteiger partial charge in [-0.1, -0.05) is 0 Å². The van der Waals surface area contributed by atoms with Crippen LogP contribution in [0.25, 0.3) is 11.0 Å². The standard InChI is InChI=1S/C15H18ClN3O2/c1-9(15(20)17-10-3-4-10)19-13-6-5-11(21-2)7-12(13)18-14(19)8-16/h5-7,9-10H,3-4,8H2,1-2H3,(H,17,20). The van der Waals surface area contributed by atoms with Gasteiger partial charge in [0.1, 0.15) is 17.6 Å². The molecule has 21 heavy (non-hydrogen) atoms. The van der Waals surface area contributed by atoms with Gasteiger partial charge in [0.2, 0.25) is 5.91 Å². The highest BCUT2D eigenvalue weighted by Crippen LogP contribution is 2.27. The third kappa shape index (κ3) is 2.70. The van der Waals surface area contributed by atoms with E-state index in [1.165, 1.54) is 0 Å². The van der Waals surface area contributed by atoms with Crippen LogP contribution >= 0.6 is 11.6 Å². The Morgan fingerprint density at radius 1 is 1.57 bits per heavy atom. The maximum Gasteiger partial charge on any atom is 0.243 e. The number of alkyl halides is 1. The van der Waals surface area contributed by atoms with Gasteiger partial charge in [0.05, 0.1) is 24.0 Å². The van der Waals surface area contributed by atoms with Crippen molar-refractivity contribution < 1.29 is 9.53 Å². The third-order valence-electron chi connectivity index (χ3n) is 3.78. The number of rotatable bonds is 5. The van der Waals surface area contributed by atoms with Crippen LogP contribution in [0.2, 0.25) is 0 Å². The number of imidazole rings is 1. The molecule has 0 radical (unpaired) electrons. The summed E-state index contributed by atoms with van der Waals surface area (Å²) in [5.74, 6) is 1.71. The van der Waals surface area contributed by atoms with Gasteiger partial charge in [0.15, 0.2) is 0 Å². The van der Waals surface area contributed by atoms with Crippen molar-refractivity contribution in [1.82, 2.24) is 14.9 Å². The van der Waals surface area contributed by atoms with E-state index in [2.05, 4.69) is 10.3 Å². The molecule has 1 saturated carbocycles. The van der Waals surface area contributed by atoms with Crippen molar-refractivity contribution in [3.8, 4) is 5.75 Å². The highest BCUT2D eigenvalue weighted by molar-refractivity contribution is 6.17. The fraction of sp³-hybridized carbons (Fsp3) is 0.467. The Balaban J connectivity index is 2.00. The van der Waals surface area contributed by atoms with E-state index >= 15 is 0 Å². The molecule has 1 unspecified atom stereocenters. The van der Waals surface area contributed by atoms with Crippen molar-refractivity contribution in [2.24, 2.45) is 0 Å². The van der Waals surface area contributed by atoms with E-state index in [0.717, 1.165) is 29.6 Å². The average Bonchev–Trinajstić information content (AvgIpc) is 3.23. The van der Waals surface area contributed by atoms with Gasteiger partial charge in [0.25, 0.3) is 0 Å². The zero-order valence-corrected chi connectivity index (χ0v) is 12.9. The van der Waals surface area contributed by atoms with Gasteiger partial charge < -0.3 is 14.6 Å². The lowest BCUT2D eigenvalue weighted by Gasteiger charge is -2.16. The lowest BCUT2D eigenvalue weighted by molar-refractivity contribution is -0.123. The summed E-state index contributed by atoms with van der Waals surface area (Å²) >= 11 is 6.00. The van der Waals surface area contributed by atoms with Crippen molar-refractivity contribution in [2.45, 2.75) is 37.7 Å². The summed E-state index contributed by atoms with van der Waals surface area (Å²) in [6.07, 6.45) is 2.14. The molecule has 1 aromatic heterocycles. The molecule has 0 spiro atoms. The number of halogens is 1. The Morgan fingerprint density at radius 3 is 2.95 bits per heavy atom. The van der Waals surface area contributed by atoms with Crippen LogP contribution in [0.1, 0.15) is 31.6 Å². The molecule has 3 rings (SSSR count). The summed E-state index contributed by atoms with van der Waals surface area (Å²) in [7, 11) is 1.62. The molecule has 0 aliphatic heterocycles. The van der Waals surface area contributed by atoms with Gasteiger partial charge in [-0.3, -0.25) is 4.79 Å². The Morgan fingerprint density at radius 2 is 2.33 bits per heavy atom. The van der Waals surface area contributed by atoms with Crippen LogP contribution in [-0.2, 0) is 10.7 Å². The first-order chi connectivity index (χ1) is 10.1. The van der Waals surface area contributed by atoms with Crippen molar-refractivity contribution in [2.75, 3.05) is 7.11 Å². The SMILES string of the molecule is COc1ccc2c(c1)nc(CCl)n2C(C)C(=O)NC1CC1. The van der Waals surface area contributed by atoms with Crippen LogP contribution in [-0.4, -0.2) is 28.6 Å². The van der Waals surface area contributed by atoms with Crippen LogP contribution < -0.4 is 10.1 Å². The molecule has 1 aromatic carbocycles. The van der Waals surface area contributed by atoms with E-state index in [-0.39, 0.29) is 17.8 Å². The highest BCUT2D eigenvalue weighted by atomic mass is 35.5. The molecule has 1 fully saturated rings. The maximum atomic E-state index is 12.3. The number of carbonyl (C=O) groups excluding carboxylic acids is 1. The van der Waals surface area contributed by atoms with Gasteiger partial charge in [-0.25, -0.2) is 4.98 Å². The van der Waals surface area contributed by atoms with Crippen molar-refractivity contribution in [1.29, 1.82) is 0 Å². The van der Waals surface area contributed by atoms with Gasteiger partial charge >= 0.3 is 0 Å². The van der Waals surface area contributed by atoms with Crippen molar-refractivity contribution >= 4 is 28.5 Å². The van der Waals surface area contributed by atoms with E-state index in [1.807, 2.05) is 29.7 Å². The molecule has 1 N–H and O–H groups in total. The number of hydrogen-bond donors (Lipinski definition) is 1. The minimum atomic E-state index is -0.335. The van der Waals surface area contributed by atoms with Crippen LogP contribution in [0.15, 0.2) is 18.2 Å². The summed E-state index contributed by atoms with van der Waals surface area (Å²) in [6.45, 7) is 1.87. The van der Waals surface area contributed by atoms with Gasteiger partial charge in [-0.05, 0) is 31.9 Å². The van der Waals surface area contributed by atoms with E-state index < -0.39 is 0 Å². The number of ether oxygens (including phenoxy) is 1. The fourth-order valence-electron chi connectivity index (χ4n) is 2.45. The number of hydrogen-bond acceptors (Lipinski definition) is 3. The van der Waals surface area contributed by atoms with Crippen LogP contribution in [0.5, 0.6) is 5.75 Å². The number of amides is 1. The molecule has 1 aliphatic carbocycles. The quantitative estimate of drug-likeness (QED) is 0.864. The van der Waals surface area contributed by atoms with E-state index in [1.54, 1.807) is 7.11 Å². The maximum absolute atomic E-state index is 12.3. The molecule has 1 aliphatic rings. The lowest BCUT2D eigenvalue weighted by atomic mass is 10.2. The number of fused-ring (bicyclic) bond motifs is 1. The largest absolute Gasteiger partial charge is 0.497 e. The monoisotopic (exact) mass is 307 g/mol. The van der Waals surface area contributed by atoms with Gasteiger partial charge in [-0.15, -0.1) is 11.6 Å². The van der Waals surface area contributed by atoms with E-state index in [0.29, 0.717) is 11.9 Å². The minimum Gasteiger partial charge on any atom is -0.497 e. The predicted octanol–water partition coefficient (Wildman–Crippen LogP) is 2.62. The van der Waals surface area contributed by atoms with Gasteiger partial charge in [-0.2, -0.15) is 0 Å². The lowest BCUT2D eigenvalue weighted by Crippen LogP contribution is -2.33. The fourth-order valence-corrected chi connectivity index (χ4v) is 2.64.